The van der Waals surface area contributed by atoms with E-state index in [-0.39, 0.29) is 22.8 Å². The van der Waals surface area contributed by atoms with Crippen molar-refractivity contribution in [1.29, 1.82) is 0 Å². The van der Waals surface area contributed by atoms with Crippen LogP contribution in [0.3, 0.4) is 0 Å². The molecule has 2 aromatic rings. The van der Waals surface area contributed by atoms with Crippen molar-refractivity contribution in [3.63, 3.8) is 0 Å². The average Bonchev–Trinajstić information content (AvgIpc) is 2.83. The maximum atomic E-state index is 12.7. The Morgan fingerprint density at radius 1 is 1.20 bits per heavy atom. The van der Waals surface area contributed by atoms with Crippen molar-refractivity contribution in [2.75, 3.05) is 5.32 Å². The number of benzene rings is 2. The van der Waals surface area contributed by atoms with E-state index in [1.54, 1.807) is 24.3 Å². The van der Waals surface area contributed by atoms with Gasteiger partial charge in [0.1, 0.15) is 0 Å². The first-order valence-corrected chi connectivity index (χ1v) is 8.58. The molecule has 1 aliphatic heterocycles. The number of Topliss-reactive ketones (excluding diaryl/α,β-unsaturated/α-hetero) is 1. The van der Waals surface area contributed by atoms with Crippen molar-refractivity contribution < 1.29 is 14.7 Å². The van der Waals surface area contributed by atoms with Crippen molar-refractivity contribution in [2.45, 2.75) is 38.7 Å². The summed E-state index contributed by atoms with van der Waals surface area (Å²) in [4.78, 5) is 25.1. The highest BCUT2D eigenvalue weighted by Gasteiger charge is 2.48. The summed E-state index contributed by atoms with van der Waals surface area (Å²) in [5.74, 6) is -0.563. The van der Waals surface area contributed by atoms with Gasteiger partial charge < -0.3 is 10.4 Å². The maximum absolute atomic E-state index is 12.7. The largest absolute Gasteiger partial charge is 0.375 e. The number of anilines is 1. The molecule has 0 bridgehead atoms. The first-order chi connectivity index (χ1) is 11.7. The SMILES string of the molecule is Cc1ccc(Cl)c2c1NC(=O)C2(O)CC(=O)c1ccc(C(C)C)cc1. The minimum absolute atomic E-state index is 0.268. The fourth-order valence-electron chi connectivity index (χ4n) is 3.13. The first-order valence-electron chi connectivity index (χ1n) is 8.20. The van der Waals surface area contributed by atoms with Crippen LogP contribution in [0.2, 0.25) is 5.02 Å². The number of amides is 1. The van der Waals surface area contributed by atoms with E-state index in [0.29, 0.717) is 17.2 Å². The Bertz CT molecular complexity index is 858. The van der Waals surface area contributed by atoms with E-state index in [1.807, 2.05) is 19.1 Å². The van der Waals surface area contributed by atoms with Crippen molar-refractivity contribution >= 4 is 29.0 Å². The van der Waals surface area contributed by atoms with Crippen LogP contribution in [0.15, 0.2) is 36.4 Å². The number of halogens is 1. The van der Waals surface area contributed by atoms with Gasteiger partial charge in [0.15, 0.2) is 11.4 Å². The second kappa shape index (κ2) is 6.28. The van der Waals surface area contributed by atoms with E-state index < -0.39 is 11.5 Å². The summed E-state index contributed by atoms with van der Waals surface area (Å²) in [6.45, 7) is 5.96. The molecule has 2 aromatic carbocycles. The third-order valence-corrected chi connectivity index (χ3v) is 5.02. The number of fused-ring (bicyclic) bond motifs is 1. The Labute approximate surface area is 151 Å². The second-order valence-electron chi connectivity index (χ2n) is 6.81. The Morgan fingerprint density at radius 3 is 2.44 bits per heavy atom. The molecule has 0 spiro atoms. The van der Waals surface area contributed by atoms with Crippen molar-refractivity contribution in [3.8, 4) is 0 Å². The average molecular weight is 358 g/mol. The Balaban J connectivity index is 1.94. The zero-order valence-electron chi connectivity index (χ0n) is 14.4. The molecule has 0 saturated heterocycles. The van der Waals surface area contributed by atoms with Crippen LogP contribution in [-0.4, -0.2) is 16.8 Å². The topological polar surface area (TPSA) is 66.4 Å². The molecular weight excluding hydrogens is 338 g/mol. The number of carbonyl (C=O) groups is 2. The second-order valence-corrected chi connectivity index (χ2v) is 7.21. The quantitative estimate of drug-likeness (QED) is 0.806. The number of hydrogen-bond donors (Lipinski definition) is 2. The predicted molar refractivity (Wildman–Crippen MR) is 98.2 cm³/mol. The van der Waals surface area contributed by atoms with Crippen LogP contribution >= 0.6 is 11.6 Å². The number of aliphatic hydroxyl groups is 1. The highest BCUT2D eigenvalue weighted by atomic mass is 35.5. The van der Waals surface area contributed by atoms with Gasteiger partial charge in [0.05, 0.1) is 12.1 Å². The van der Waals surface area contributed by atoms with Crippen molar-refractivity contribution in [1.82, 2.24) is 0 Å². The van der Waals surface area contributed by atoms with Gasteiger partial charge in [-0.05, 0) is 30.0 Å². The number of carbonyl (C=O) groups excluding carboxylic acids is 2. The van der Waals surface area contributed by atoms with Gasteiger partial charge >= 0.3 is 0 Å². The molecule has 0 saturated carbocycles. The minimum Gasteiger partial charge on any atom is -0.375 e. The molecule has 1 heterocycles. The lowest BCUT2D eigenvalue weighted by molar-refractivity contribution is -0.133. The van der Waals surface area contributed by atoms with Crippen molar-refractivity contribution in [3.05, 3.63) is 63.7 Å². The van der Waals surface area contributed by atoms with Crippen LogP contribution in [-0.2, 0) is 10.4 Å². The first kappa shape index (κ1) is 17.6. The fourth-order valence-corrected chi connectivity index (χ4v) is 3.45. The molecule has 2 N–H and O–H groups in total. The lowest BCUT2D eigenvalue weighted by atomic mass is 9.87. The minimum atomic E-state index is -1.95. The van der Waals surface area contributed by atoms with E-state index in [1.165, 1.54) is 0 Å². The summed E-state index contributed by atoms with van der Waals surface area (Å²) >= 11 is 6.21. The molecule has 0 aliphatic carbocycles. The number of aryl methyl sites for hydroxylation is 1. The summed E-state index contributed by atoms with van der Waals surface area (Å²) in [5.41, 5.74) is 1.19. The van der Waals surface area contributed by atoms with Crippen molar-refractivity contribution in [2.24, 2.45) is 0 Å². The van der Waals surface area contributed by atoms with E-state index in [4.69, 9.17) is 11.6 Å². The number of ketones is 1. The zero-order valence-corrected chi connectivity index (χ0v) is 15.1. The standard InChI is InChI=1S/C20H20ClNO3/c1-11(2)13-5-7-14(8-6-13)16(23)10-20(25)17-15(21)9-4-12(3)18(17)22-19(20)24/h4-9,11,25H,10H2,1-3H3,(H,22,24). The van der Waals surface area contributed by atoms with Gasteiger partial charge in [-0.2, -0.15) is 0 Å². The molecule has 1 unspecified atom stereocenters. The molecule has 0 fully saturated rings. The van der Waals surface area contributed by atoms with Gasteiger partial charge in [-0.15, -0.1) is 0 Å². The van der Waals surface area contributed by atoms with Gasteiger partial charge in [-0.3, -0.25) is 9.59 Å². The zero-order chi connectivity index (χ0) is 18.4. The van der Waals surface area contributed by atoms with Gasteiger partial charge in [0.2, 0.25) is 0 Å². The molecule has 25 heavy (non-hydrogen) atoms. The molecule has 1 amide bonds. The summed E-state index contributed by atoms with van der Waals surface area (Å²) in [7, 11) is 0. The van der Waals surface area contributed by atoms with Crippen LogP contribution < -0.4 is 5.32 Å². The van der Waals surface area contributed by atoms with Gasteiger partial charge in [0, 0.05) is 16.1 Å². The number of nitrogens with one attached hydrogen (secondary N) is 1. The predicted octanol–water partition coefficient (Wildman–Crippen LogP) is 4.18. The third-order valence-electron chi connectivity index (χ3n) is 4.71. The Kier molecular flexibility index (Phi) is 4.43. The van der Waals surface area contributed by atoms with Crippen LogP contribution in [0.25, 0.3) is 0 Å². The summed E-state index contributed by atoms with van der Waals surface area (Å²) in [6, 6.07) is 10.6. The fraction of sp³-hybridized carbons (Fsp3) is 0.300. The lowest BCUT2D eigenvalue weighted by Crippen LogP contribution is -2.36. The molecule has 0 aromatic heterocycles. The summed E-state index contributed by atoms with van der Waals surface area (Å²) in [5, 5.41) is 13.9. The Hall–Kier alpha value is -2.17. The summed E-state index contributed by atoms with van der Waals surface area (Å²) < 4.78 is 0. The molecule has 5 heteroatoms. The molecule has 1 atom stereocenters. The smallest absolute Gasteiger partial charge is 0.261 e. The molecule has 3 rings (SSSR count). The molecule has 4 nitrogen and oxygen atoms in total. The molecule has 0 radical (unpaired) electrons. The van der Waals surface area contributed by atoms with Gasteiger partial charge in [-0.25, -0.2) is 0 Å². The van der Waals surface area contributed by atoms with Crippen LogP contribution in [0.5, 0.6) is 0 Å². The van der Waals surface area contributed by atoms with Gasteiger partial charge in [-0.1, -0.05) is 55.8 Å². The number of hydrogen-bond acceptors (Lipinski definition) is 3. The Morgan fingerprint density at radius 2 is 1.84 bits per heavy atom. The van der Waals surface area contributed by atoms with E-state index >= 15 is 0 Å². The molecule has 1 aliphatic rings. The lowest BCUT2D eigenvalue weighted by Gasteiger charge is -2.21. The number of rotatable bonds is 4. The summed E-state index contributed by atoms with van der Waals surface area (Å²) in [6.07, 6.45) is -0.351. The van der Waals surface area contributed by atoms with E-state index in [2.05, 4.69) is 19.2 Å². The highest BCUT2D eigenvalue weighted by molar-refractivity contribution is 6.33. The highest BCUT2D eigenvalue weighted by Crippen LogP contribution is 2.44. The van der Waals surface area contributed by atoms with Crippen LogP contribution in [0.1, 0.15) is 53.2 Å². The third kappa shape index (κ3) is 2.96. The van der Waals surface area contributed by atoms with E-state index in [9.17, 15) is 14.7 Å². The van der Waals surface area contributed by atoms with Gasteiger partial charge in [0.25, 0.3) is 5.91 Å². The van der Waals surface area contributed by atoms with Crippen LogP contribution in [0, 0.1) is 6.92 Å². The molecule has 130 valence electrons. The van der Waals surface area contributed by atoms with Crippen LogP contribution in [0.4, 0.5) is 5.69 Å². The monoisotopic (exact) mass is 357 g/mol. The van der Waals surface area contributed by atoms with E-state index in [0.717, 1.165) is 11.1 Å². The maximum Gasteiger partial charge on any atom is 0.261 e. The normalized spacial score (nSPS) is 19.0. The molecular formula is C20H20ClNO3.